The van der Waals surface area contributed by atoms with Crippen LogP contribution in [0.2, 0.25) is 0 Å². The molecule has 6 nitrogen and oxygen atoms in total. The first-order valence-corrected chi connectivity index (χ1v) is 5.42. The first-order valence-electron chi connectivity index (χ1n) is 5.42. The molecule has 20 heavy (non-hydrogen) atoms. The molecular weight excluding hydrogens is 272 g/mol. The van der Waals surface area contributed by atoms with Crippen LogP contribution in [0.5, 0.6) is 5.88 Å². The summed E-state index contributed by atoms with van der Waals surface area (Å²) in [7, 11) is 1.35. The van der Waals surface area contributed by atoms with Gasteiger partial charge in [0, 0.05) is 23.9 Å². The van der Waals surface area contributed by atoms with Crippen molar-refractivity contribution in [3.8, 4) is 5.88 Å². The number of hydrogen-bond donors (Lipinski definition) is 1. The van der Waals surface area contributed by atoms with Crippen molar-refractivity contribution in [2.75, 3.05) is 12.4 Å². The molecule has 2 aromatic rings. The molecule has 1 N–H and O–H groups in total. The maximum Gasteiger partial charge on any atom is 0.311 e. The monoisotopic (exact) mass is 281 g/mol. The number of pyridine rings is 1. The molecule has 0 atom stereocenters. The van der Waals surface area contributed by atoms with Gasteiger partial charge in [-0.15, -0.1) is 0 Å². The second-order valence-corrected chi connectivity index (χ2v) is 3.76. The minimum atomic E-state index is -0.807. The molecule has 104 valence electrons. The summed E-state index contributed by atoms with van der Waals surface area (Å²) in [6.07, 6.45) is 0. The third-order valence-electron chi connectivity index (χ3n) is 2.38. The van der Waals surface area contributed by atoms with Gasteiger partial charge in [0.25, 0.3) is 0 Å². The predicted molar refractivity (Wildman–Crippen MR) is 67.1 cm³/mol. The number of nitrogens with one attached hydrogen (secondary N) is 1. The van der Waals surface area contributed by atoms with E-state index in [1.807, 2.05) is 0 Å². The predicted octanol–water partition coefficient (Wildman–Crippen LogP) is 3.02. The van der Waals surface area contributed by atoms with Crippen molar-refractivity contribution in [2.24, 2.45) is 0 Å². The van der Waals surface area contributed by atoms with Crippen LogP contribution in [0, 0.1) is 21.7 Å². The van der Waals surface area contributed by atoms with E-state index in [1.54, 1.807) is 0 Å². The van der Waals surface area contributed by atoms with Gasteiger partial charge in [-0.05, 0) is 12.1 Å². The minimum absolute atomic E-state index is 0.00588. The van der Waals surface area contributed by atoms with Crippen molar-refractivity contribution in [3.63, 3.8) is 0 Å². The molecule has 1 heterocycles. The molecular formula is C12H9F2N3O3. The van der Waals surface area contributed by atoms with E-state index in [0.29, 0.717) is 6.07 Å². The Balaban J connectivity index is 2.42. The standard InChI is InChI=1S/C12H9F2N3O3/c1-20-11-3-2-10(17(18)19)12(16-11)15-9-5-7(13)4-8(14)6-9/h2-6H,1H3,(H,15,16). The van der Waals surface area contributed by atoms with Crippen molar-refractivity contribution < 1.29 is 18.4 Å². The number of nitrogens with zero attached hydrogens (tertiary/aromatic N) is 2. The number of nitro groups is 1. The quantitative estimate of drug-likeness (QED) is 0.688. The first kappa shape index (κ1) is 13.7. The molecule has 0 fully saturated rings. The topological polar surface area (TPSA) is 77.3 Å². The van der Waals surface area contributed by atoms with Crippen LogP contribution < -0.4 is 10.1 Å². The molecule has 0 aliphatic heterocycles. The SMILES string of the molecule is COc1ccc([N+](=O)[O-])c(Nc2cc(F)cc(F)c2)n1. The third kappa shape index (κ3) is 2.97. The number of methoxy groups -OCH3 is 1. The summed E-state index contributed by atoms with van der Waals surface area (Å²) in [5, 5.41) is 13.4. The number of rotatable bonds is 4. The van der Waals surface area contributed by atoms with Gasteiger partial charge in [0.05, 0.1) is 12.0 Å². The molecule has 0 radical (unpaired) electrons. The molecule has 0 bridgehead atoms. The van der Waals surface area contributed by atoms with Gasteiger partial charge < -0.3 is 10.1 Å². The zero-order valence-electron chi connectivity index (χ0n) is 10.3. The van der Waals surface area contributed by atoms with E-state index in [4.69, 9.17) is 4.74 Å². The van der Waals surface area contributed by atoms with Crippen LogP contribution in [0.15, 0.2) is 30.3 Å². The Bertz CT molecular complexity index is 644. The Morgan fingerprint density at radius 3 is 2.45 bits per heavy atom. The highest BCUT2D eigenvalue weighted by Crippen LogP contribution is 2.28. The smallest absolute Gasteiger partial charge is 0.311 e. The van der Waals surface area contributed by atoms with E-state index in [-0.39, 0.29) is 23.1 Å². The molecule has 1 aromatic heterocycles. The normalized spacial score (nSPS) is 10.2. The van der Waals surface area contributed by atoms with Gasteiger partial charge in [-0.1, -0.05) is 0 Å². The van der Waals surface area contributed by atoms with Crippen molar-refractivity contribution in [3.05, 3.63) is 52.1 Å². The average molecular weight is 281 g/mol. The fraction of sp³-hybridized carbons (Fsp3) is 0.0833. The lowest BCUT2D eigenvalue weighted by atomic mass is 10.3. The number of halogens is 2. The van der Waals surface area contributed by atoms with Crippen LogP contribution in [0.4, 0.5) is 26.0 Å². The molecule has 0 saturated heterocycles. The van der Waals surface area contributed by atoms with Gasteiger partial charge in [-0.3, -0.25) is 10.1 Å². The fourth-order valence-electron chi connectivity index (χ4n) is 1.55. The molecule has 2 rings (SSSR count). The summed E-state index contributed by atoms with van der Waals surface area (Å²) in [6, 6.07) is 5.18. The Hall–Kier alpha value is -2.77. The number of aromatic nitrogens is 1. The molecule has 8 heteroatoms. The second-order valence-electron chi connectivity index (χ2n) is 3.76. The van der Waals surface area contributed by atoms with Crippen LogP contribution in [0.1, 0.15) is 0 Å². The van der Waals surface area contributed by atoms with Crippen LogP contribution >= 0.6 is 0 Å². The fourth-order valence-corrected chi connectivity index (χ4v) is 1.55. The molecule has 0 saturated carbocycles. The van der Waals surface area contributed by atoms with E-state index >= 15 is 0 Å². The Kier molecular flexibility index (Phi) is 3.74. The van der Waals surface area contributed by atoms with Crippen LogP contribution in [0.25, 0.3) is 0 Å². The van der Waals surface area contributed by atoms with Gasteiger partial charge in [0.15, 0.2) is 0 Å². The van der Waals surface area contributed by atoms with Gasteiger partial charge in [0.1, 0.15) is 11.6 Å². The number of anilines is 2. The summed E-state index contributed by atoms with van der Waals surface area (Å²) < 4.78 is 31.0. The number of hydrogen-bond acceptors (Lipinski definition) is 5. The molecule has 0 amide bonds. The third-order valence-corrected chi connectivity index (χ3v) is 2.38. The highest BCUT2D eigenvalue weighted by Gasteiger charge is 2.17. The summed E-state index contributed by atoms with van der Waals surface area (Å²) >= 11 is 0. The molecule has 0 aliphatic carbocycles. The van der Waals surface area contributed by atoms with Crippen molar-refractivity contribution >= 4 is 17.2 Å². The zero-order valence-corrected chi connectivity index (χ0v) is 10.3. The maximum atomic E-state index is 13.1. The summed E-state index contributed by atoms with van der Waals surface area (Å²) in [6.45, 7) is 0. The Morgan fingerprint density at radius 2 is 1.90 bits per heavy atom. The van der Waals surface area contributed by atoms with E-state index in [2.05, 4.69) is 10.3 Å². The van der Waals surface area contributed by atoms with E-state index in [9.17, 15) is 18.9 Å². The molecule has 1 aromatic carbocycles. The minimum Gasteiger partial charge on any atom is -0.481 e. The number of benzene rings is 1. The van der Waals surface area contributed by atoms with E-state index in [0.717, 1.165) is 12.1 Å². The highest BCUT2D eigenvalue weighted by molar-refractivity contribution is 5.66. The van der Waals surface area contributed by atoms with Crippen LogP contribution in [-0.4, -0.2) is 17.0 Å². The van der Waals surface area contributed by atoms with Gasteiger partial charge >= 0.3 is 5.69 Å². The van der Waals surface area contributed by atoms with E-state index in [1.165, 1.54) is 19.2 Å². The molecule has 0 unspecified atom stereocenters. The lowest BCUT2D eigenvalue weighted by molar-refractivity contribution is -0.384. The molecule has 0 aliphatic rings. The van der Waals surface area contributed by atoms with Crippen molar-refractivity contribution in [1.29, 1.82) is 0 Å². The van der Waals surface area contributed by atoms with Crippen molar-refractivity contribution in [2.45, 2.75) is 0 Å². The maximum absolute atomic E-state index is 13.1. The lowest BCUT2D eigenvalue weighted by Gasteiger charge is -2.08. The summed E-state index contributed by atoms with van der Waals surface area (Å²) in [5.41, 5.74) is -0.332. The molecule has 0 spiro atoms. The van der Waals surface area contributed by atoms with Crippen LogP contribution in [0.3, 0.4) is 0 Å². The zero-order chi connectivity index (χ0) is 14.7. The summed E-state index contributed by atoms with van der Waals surface area (Å²) in [5.74, 6) is -1.65. The van der Waals surface area contributed by atoms with E-state index < -0.39 is 16.6 Å². The summed E-state index contributed by atoms with van der Waals surface area (Å²) in [4.78, 5) is 14.1. The van der Waals surface area contributed by atoms with Gasteiger partial charge in [0.2, 0.25) is 11.7 Å². The Morgan fingerprint density at radius 1 is 1.25 bits per heavy atom. The van der Waals surface area contributed by atoms with Gasteiger partial charge in [-0.25, -0.2) is 8.78 Å². The highest BCUT2D eigenvalue weighted by atomic mass is 19.1. The average Bonchev–Trinajstić information content (AvgIpc) is 2.37. The number of ether oxygens (including phenoxy) is 1. The largest absolute Gasteiger partial charge is 0.481 e. The second kappa shape index (κ2) is 5.47. The van der Waals surface area contributed by atoms with Crippen LogP contribution in [-0.2, 0) is 0 Å². The lowest BCUT2D eigenvalue weighted by Crippen LogP contribution is -2.01. The first-order chi connectivity index (χ1) is 9.49. The van der Waals surface area contributed by atoms with Gasteiger partial charge in [-0.2, -0.15) is 4.98 Å². The van der Waals surface area contributed by atoms with Crippen molar-refractivity contribution in [1.82, 2.24) is 4.98 Å². The Labute approximate surface area is 112 Å².